The van der Waals surface area contributed by atoms with Gasteiger partial charge in [0.2, 0.25) is 5.90 Å². The summed E-state index contributed by atoms with van der Waals surface area (Å²) in [7, 11) is 1.63. The van der Waals surface area contributed by atoms with Gasteiger partial charge in [-0.15, -0.1) is 0 Å². The van der Waals surface area contributed by atoms with Crippen molar-refractivity contribution in [3.05, 3.63) is 65.7 Å². The number of hydrogen-bond acceptors (Lipinski definition) is 5. The minimum Gasteiger partial charge on any atom is -0.497 e. The van der Waals surface area contributed by atoms with Gasteiger partial charge in [0.15, 0.2) is 0 Å². The molecule has 2 aromatic rings. The summed E-state index contributed by atoms with van der Waals surface area (Å²) in [6, 6.07) is 17.0. The molecule has 1 amide bonds. The fourth-order valence-corrected chi connectivity index (χ4v) is 3.05. The Kier molecular flexibility index (Phi) is 6.30. The summed E-state index contributed by atoms with van der Waals surface area (Å²) in [5.74, 6) is 1.31. The first-order chi connectivity index (χ1) is 13.2. The molecule has 1 heterocycles. The monoisotopic (exact) mass is 368 g/mol. The predicted octanol–water partition coefficient (Wildman–Crippen LogP) is 3.52. The third kappa shape index (κ3) is 4.78. The highest BCUT2D eigenvalue weighted by Crippen LogP contribution is 2.28. The minimum atomic E-state index is -0.489. The third-order valence-electron chi connectivity index (χ3n) is 4.43. The van der Waals surface area contributed by atoms with Crippen LogP contribution in [0.1, 0.15) is 24.0 Å². The van der Waals surface area contributed by atoms with Gasteiger partial charge in [0, 0.05) is 5.92 Å². The van der Waals surface area contributed by atoms with Gasteiger partial charge in [-0.05, 0) is 30.2 Å². The van der Waals surface area contributed by atoms with Gasteiger partial charge >= 0.3 is 6.09 Å². The molecule has 6 heteroatoms. The largest absolute Gasteiger partial charge is 0.497 e. The van der Waals surface area contributed by atoms with Crippen molar-refractivity contribution < 1.29 is 19.0 Å². The fraction of sp³-hybridized carbons (Fsp3) is 0.333. The summed E-state index contributed by atoms with van der Waals surface area (Å²) in [5, 5.41) is 2.91. The number of amides is 1. The van der Waals surface area contributed by atoms with Crippen LogP contribution in [0.15, 0.2) is 59.6 Å². The van der Waals surface area contributed by atoms with E-state index in [0.29, 0.717) is 19.0 Å². The van der Waals surface area contributed by atoms with Crippen molar-refractivity contribution in [2.45, 2.75) is 25.5 Å². The lowest BCUT2D eigenvalue weighted by Gasteiger charge is -2.22. The maximum atomic E-state index is 12.3. The van der Waals surface area contributed by atoms with Gasteiger partial charge in [-0.1, -0.05) is 42.5 Å². The Morgan fingerprint density at radius 2 is 1.89 bits per heavy atom. The Morgan fingerprint density at radius 3 is 2.56 bits per heavy atom. The van der Waals surface area contributed by atoms with Crippen molar-refractivity contribution in [2.75, 3.05) is 20.3 Å². The van der Waals surface area contributed by atoms with Crippen LogP contribution in [-0.4, -0.2) is 38.3 Å². The predicted molar refractivity (Wildman–Crippen MR) is 103 cm³/mol. The lowest BCUT2D eigenvalue weighted by molar-refractivity contribution is 0.136. The van der Waals surface area contributed by atoms with Crippen molar-refractivity contribution in [1.82, 2.24) is 5.32 Å². The van der Waals surface area contributed by atoms with E-state index in [4.69, 9.17) is 14.2 Å². The fourth-order valence-electron chi connectivity index (χ4n) is 3.05. The van der Waals surface area contributed by atoms with Crippen LogP contribution in [0.5, 0.6) is 5.75 Å². The van der Waals surface area contributed by atoms with Crippen molar-refractivity contribution in [3.63, 3.8) is 0 Å². The molecular weight excluding hydrogens is 344 g/mol. The molecule has 1 N–H and O–H groups in total. The number of benzene rings is 2. The molecule has 0 aromatic heterocycles. The van der Waals surface area contributed by atoms with E-state index in [2.05, 4.69) is 10.3 Å². The summed E-state index contributed by atoms with van der Waals surface area (Å²) in [4.78, 5) is 16.8. The number of rotatable bonds is 6. The number of hydrogen-bond donors (Lipinski definition) is 1. The number of ether oxygens (including phenoxy) is 3. The molecule has 2 atom stereocenters. The molecule has 0 bridgehead atoms. The van der Waals surface area contributed by atoms with E-state index in [9.17, 15) is 4.79 Å². The van der Waals surface area contributed by atoms with Gasteiger partial charge in [0.25, 0.3) is 0 Å². The summed E-state index contributed by atoms with van der Waals surface area (Å²) in [5.41, 5.74) is 1.99. The molecule has 1 aliphatic rings. The second kappa shape index (κ2) is 9.07. The summed E-state index contributed by atoms with van der Waals surface area (Å²) < 4.78 is 16.2. The molecule has 27 heavy (non-hydrogen) atoms. The SMILES string of the molecule is CCOC1=NC[C@@H](c2ccc(OC)cc2)[C@@H]1NC(=O)OCc1ccccc1. The summed E-state index contributed by atoms with van der Waals surface area (Å²) in [6.07, 6.45) is -0.489. The van der Waals surface area contributed by atoms with Gasteiger partial charge in [0.05, 0.1) is 20.3 Å². The van der Waals surface area contributed by atoms with E-state index in [1.54, 1.807) is 7.11 Å². The van der Waals surface area contributed by atoms with Gasteiger partial charge in [-0.2, -0.15) is 0 Å². The van der Waals surface area contributed by atoms with Gasteiger partial charge in [0.1, 0.15) is 18.4 Å². The summed E-state index contributed by atoms with van der Waals surface area (Å²) >= 11 is 0. The van der Waals surface area contributed by atoms with Crippen molar-refractivity contribution in [3.8, 4) is 5.75 Å². The normalized spacial score (nSPS) is 18.5. The molecule has 142 valence electrons. The number of nitrogens with zero attached hydrogens (tertiary/aromatic N) is 1. The van der Waals surface area contributed by atoms with Crippen LogP contribution in [0.2, 0.25) is 0 Å². The number of aliphatic imine (C=N–C) groups is 1. The standard InChI is InChI=1S/C21H24N2O4/c1-3-26-20-19(23-21(24)27-14-15-7-5-4-6-8-15)18(13-22-20)16-9-11-17(25-2)12-10-16/h4-12,18-19H,3,13-14H2,1-2H3,(H,23,24)/t18-,19-/m0/s1. The van der Waals surface area contributed by atoms with Gasteiger partial charge in [-0.3, -0.25) is 4.99 Å². The maximum absolute atomic E-state index is 12.3. The third-order valence-corrected chi connectivity index (χ3v) is 4.43. The minimum absolute atomic E-state index is 0.0123. The average molecular weight is 368 g/mol. The highest BCUT2D eigenvalue weighted by molar-refractivity contribution is 5.88. The molecule has 6 nitrogen and oxygen atoms in total. The van der Waals surface area contributed by atoms with E-state index in [0.717, 1.165) is 16.9 Å². The lowest BCUT2D eigenvalue weighted by Crippen LogP contribution is -2.43. The first kappa shape index (κ1) is 18.8. The first-order valence-electron chi connectivity index (χ1n) is 8.99. The van der Waals surface area contributed by atoms with Gasteiger partial charge in [-0.25, -0.2) is 4.79 Å². The molecule has 0 spiro atoms. The topological polar surface area (TPSA) is 69.2 Å². The molecular formula is C21H24N2O4. The Labute approximate surface area is 159 Å². The maximum Gasteiger partial charge on any atom is 0.408 e. The Balaban J connectivity index is 1.67. The lowest BCUT2D eigenvalue weighted by atomic mass is 9.93. The van der Waals surface area contributed by atoms with Crippen LogP contribution in [0, 0.1) is 0 Å². The molecule has 0 saturated heterocycles. The zero-order valence-electron chi connectivity index (χ0n) is 15.6. The molecule has 0 fully saturated rings. The van der Waals surface area contributed by atoms with Crippen LogP contribution in [0.4, 0.5) is 4.79 Å². The second-order valence-electron chi connectivity index (χ2n) is 6.18. The number of alkyl carbamates (subject to hydrolysis) is 1. The second-order valence-corrected chi connectivity index (χ2v) is 6.18. The number of carbonyl (C=O) groups is 1. The molecule has 0 unspecified atom stereocenters. The van der Waals surface area contributed by atoms with Crippen LogP contribution in [-0.2, 0) is 16.1 Å². The molecule has 2 aromatic carbocycles. The van der Waals surface area contributed by atoms with Crippen LogP contribution >= 0.6 is 0 Å². The Bertz CT molecular complexity index is 775. The van der Waals surface area contributed by atoms with Gasteiger partial charge < -0.3 is 19.5 Å². The zero-order valence-corrected chi connectivity index (χ0v) is 15.6. The van der Waals surface area contributed by atoms with E-state index in [1.807, 2.05) is 61.5 Å². The van der Waals surface area contributed by atoms with E-state index in [1.165, 1.54) is 0 Å². The van der Waals surface area contributed by atoms with Crippen LogP contribution in [0.3, 0.4) is 0 Å². The molecule has 3 rings (SSSR count). The number of nitrogens with one attached hydrogen (secondary N) is 1. The van der Waals surface area contributed by atoms with Crippen LogP contribution < -0.4 is 10.1 Å². The Morgan fingerprint density at radius 1 is 1.15 bits per heavy atom. The van der Waals surface area contributed by atoms with E-state index in [-0.39, 0.29) is 18.6 Å². The number of methoxy groups -OCH3 is 1. The molecule has 0 aliphatic carbocycles. The summed E-state index contributed by atoms with van der Waals surface area (Å²) in [6.45, 7) is 3.15. The highest BCUT2D eigenvalue weighted by Gasteiger charge is 2.35. The zero-order chi connectivity index (χ0) is 19.1. The Hall–Kier alpha value is -3.02. The van der Waals surface area contributed by atoms with E-state index < -0.39 is 6.09 Å². The highest BCUT2D eigenvalue weighted by atomic mass is 16.5. The molecule has 0 saturated carbocycles. The molecule has 0 radical (unpaired) electrons. The molecule has 1 aliphatic heterocycles. The van der Waals surface area contributed by atoms with Crippen molar-refractivity contribution >= 4 is 12.0 Å². The number of carbonyl (C=O) groups excluding carboxylic acids is 1. The quantitative estimate of drug-likeness (QED) is 0.847. The van der Waals surface area contributed by atoms with Crippen LogP contribution in [0.25, 0.3) is 0 Å². The average Bonchev–Trinajstić information content (AvgIpc) is 3.10. The van der Waals surface area contributed by atoms with Crippen molar-refractivity contribution in [2.24, 2.45) is 4.99 Å². The first-order valence-corrected chi connectivity index (χ1v) is 8.99. The van der Waals surface area contributed by atoms with E-state index >= 15 is 0 Å². The smallest absolute Gasteiger partial charge is 0.408 e. The van der Waals surface area contributed by atoms with Crippen molar-refractivity contribution in [1.29, 1.82) is 0 Å².